The second-order valence-electron chi connectivity index (χ2n) is 6.15. The molecule has 0 saturated heterocycles. The molecule has 1 aromatic rings. The lowest BCUT2D eigenvalue weighted by atomic mass is 9.69. The van der Waals surface area contributed by atoms with Crippen LogP contribution in [0, 0.1) is 5.41 Å². The van der Waals surface area contributed by atoms with Crippen molar-refractivity contribution in [1.29, 1.82) is 0 Å². The number of carbonyl (C=O) groups excluding carboxylic acids is 1. The van der Waals surface area contributed by atoms with Gasteiger partial charge in [-0.25, -0.2) is 0 Å². The third-order valence-electron chi connectivity index (χ3n) is 4.43. The Balaban J connectivity index is 1.96. The Morgan fingerprint density at radius 3 is 2.81 bits per heavy atom. The van der Waals surface area contributed by atoms with Crippen molar-refractivity contribution in [3.63, 3.8) is 0 Å². The van der Waals surface area contributed by atoms with Crippen molar-refractivity contribution in [1.82, 2.24) is 0 Å². The number of carboxylic acid groups (broad SMARTS) is 1. The summed E-state index contributed by atoms with van der Waals surface area (Å²) in [6, 6.07) is 5.89. The summed E-state index contributed by atoms with van der Waals surface area (Å²) in [5.41, 5.74) is 1.71. The van der Waals surface area contributed by atoms with Crippen molar-refractivity contribution >= 4 is 27.7 Å². The summed E-state index contributed by atoms with van der Waals surface area (Å²) in [7, 11) is 0. The molecule has 0 bridgehead atoms. The molecule has 0 saturated carbocycles. The molecule has 4 heteroatoms. The van der Waals surface area contributed by atoms with E-state index in [1.165, 1.54) is 0 Å². The highest BCUT2D eigenvalue weighted by atomic mass is 79.9. The lowest BCUT2D eigenvalue weighted by Gasteiger charge is -2.33. The van der Waals surface area contributed by atoms with E-state index in [9.17, 15) is 9.59 Å². The van der Waals surface area contributed by atoms with E-state index >= 15 is 0 Å². The van der Waals surface area contributed by atoms with Crippen LogP contribution in [0.4, 0.5) is 0 Å². The summed E-state index contributed by atoms with van der Waals surface area (Å²) in [4.78, 5) is 23.2. The topological polar surface area (TPSA) is 54.4 Å². The second kappa shape index (κ2) is 6.73. The number of hydrogen-bond donors (Lipinski definition) is 1. The van der Waals surface area contributed by atoms with Gasteiger partial charge < -0.3 is 5.11 Å². The van der Waals surface area contributed by atoms with Crippen molar-refractivity contribution < 1.29 is 14.7 Å². The summed E-state index contributed by atoms with van der Waals surface area (Å²) in [6.07, 6.45) is 5.38. The molecule has 0 spiro atoms. The fraction of sp³-hybridized carbons (Fsp3) is 0.529. The molecule has 1 aliphatic carbocycles. The number of carboxylic acids is 1. The van der Waals surface area contributed by atoms with Crippen molar-refractivity contribution in [2.24, 2.45) is 5.41 Å². The van der Waals surface area contributed by atoms with Crippen molar-refractivity contribution in [3.05, 3.63) is 33.8 Å². The molecule has 3 nitrogen and oxygen atoms in total. The number of aryl methyl sites for hydroxylation is 1. The van der Waals surface area contributed by atoms with Crippen LogP contribution in [0.5, 0.6) is 0 Å². The van der Waals surface area contributed by atoms with E-state index in [-0.39, 0.29) is 17.6 Å². The molecule has 0 fully saturated rings. The maximum atomic E-state index is 12.7. The highest BCUT2D eigenvalue weighted by Crippen LogP contribution is 2.39. The van der Waals surface area contributed by atoms with E-state index in [1.54, 1.807) is 0 Å². The lowest BCUT2D eigenvalue weighted by molar-refractivity contribution is -0.137. The molecule has 21 heavy (non-hydrogen) atoms. The zero-order valence-corrected chi connectivity index (χ0v) is 13.9. The molecular formula is C17H21BrO3. The van der Waals surface area contributed by atoms with Crippen LogP contribution in [0.25, 0.3) is 0 Å². The first-order valence-corrected chi connectivity index (χ1v) is 8.27. The Kier molecular flexibility index (Phi) is 5.20. The predicted octanol–water partition coefficient (Wildman–Crippen LogP) is 4.62. The minimum Gasteiger partial charge on any atom is -0.481 e. The molecule has 0 aromatic heterocycles. The van der Waals surface area contributed by atoms with Crippen molar-refractivity contribution in [2.75, 3.05) is 0 Å². The van der Waals surface area contributed by atoms with Crippen LogP contribution < -0.4 is 0 Å². The molecule has 0 amide bonds. The number of hydrogen-bond acceptors (Lipinski definition) is 2. The number of unbranched alkanes of at least 4 members (excludes halogenated alkanes) is 2. The molecule has 1 atom stereocenters. The van der Waals surface area contributed by atoms with Gasteiger partial charge in [0.25, 0.3) is 0 Å². The number of fused-ring (bicyclic) bond motifs is 1. The first-order chi connectivity index (χ1) is 9.92. The van der Waals surface area contributed by atoms with Crippen LogP contribution in [0.3, 0.4) is 0 Å². The smallest absolute Gasteiger partial charge is 0.303 e. The molecule has 1 unspecified atom stereocenters. The monoisotopic (exact) mass is 352 g/mol. The molecule has 0 heterocycles. The third-order valence-corrected chi connectivity index (χ3v) is 4.92. The van der Waals surface area contributed by atoms with E-state index in [0.717, 1.165) is 47.7 Å². The van der Waals surface area contributed by atoms with Gasteiger partial charge in [0.2, 0.25) is 0 Å². The summed E-state index contributed by atoms with van der Waals surface area (Å²) < 4.78 is 1.02. The van der Waals surface area contributed by atoms with Gasteiger partial charge in [-0.15, -0.1) is 0 Å². The predicted molar refractivity (Wildman–Crippen MR) is 85.6 cm³/mol. The number of carbonyl (C=O) groups is 2. The van der Waals surface area contributed by atoms with Gasteiger partial charge in [0.1, 0.15) is 0 Å². The van der Waals surface area contributed by atoms with Gasteiger partial charge in [-0.05, 0) is 49.4 Å². The molecule has 0 aliphatic heterocycles. The second-order valence-corrected chi connectivity index (χ2v) is 7.06. The molecule has 1 N–H and O–H groups in total. The minimum atomic E-state index is -0.741. The molecule has 1 aromatic carbocycles. The maximum absolute atomic E-state index is 12.7. The van der Waals surface area contributed by atoms with Gasteiger partial charge >= 0.3 is 5.97 Å². The van der Waals surface area contributed by atoms with Crippen molar-refractivity contribution in [3.8, 4) is 0 Å². The molecule has 2 rings (SSSR count). The summed E-state index contributed by atoms with van der Waals surface area (Å²) in [5, 5.41) is 8.63. The lowest BCUT2D eigenvalue weighted by Crippen LogP contribution is -2.33. The third kappa shape index (κ3) is 3.94. The van der Waals surface area contributed by atoms with Gasteiger partial charge in [0.15, 0.2) is 5.78 Å². The summed E-state index contributed by atoms with van der Waals surface area (Å²) in [5.74, 6) is -0.496. The van der Waals surface area contributed by atoms with Gasteiger partial charge in [0, 0.05) is 21.9 Å². The Bertz CT molecular complexity index is 553. The van der Waals surface area contributed by atoms with Crippen LogP contribution in [0.15, 0.2) is 22.7 Å². The van der Waals surface area contributed by atoms with Gasteiger partial charge in [-0.3, -0.25) is 9.59 Å². The Hall–Kier alpha value is -1.16. The number of halogens is 1. The number of ketones is 1. The van der Waals surface area contributed by atoms with Crippen LogP contribution >= 0.6 is 15.9 Å². The summed E-state index contributed by atoms with van der Waals surface area (Å²) >= 11 is 3.45. The quantitative estimate of drug-likeness (QED) is 0.760. The first kappa shape index (κ1) is 16.2. The number of Topliss-reactive ketones (excluding diaryl/α,β-unsaturated/α-hetero) is 1. The average molecular weight is 353 g/mol. The fourth-order valence-corrected chi connectivity index (χ4v) is 3.46. The Morgan fingerprint density at radius 2 is 2.10 bits per heavy atom. The molecular weight excluding hydrogens is 332 g/mol. The van der Waals surface area contributed by atoms with E-state index in [4.69, 9.17) is 5.11 Å². The van der Waals surface area contributed by atoms with E-state index in [0.29, 0.717) is 6.42 Å². The summed E-state index contributed by atoms with van der Waals surface area (Å²) in [6.45, 7) is 2.05. The fourth-order valence-electron chi connectivity index (χ4n) is 3.05. The Labute approximate surface area is 133 Å². The highest BCUT2D eigenvalue weighted by molar-refractivity contribution is 9.10. The van der Waals surface area contributed by atoms with Crippen LogP contribution in [-0.2, 0) is 11.2 Å². The van der Waals surface area contributed by atoms with Gasteiger partial charge in [-0.2, -0.15) is 0 Å². The van der Waals surface area contributed by atoms with E-state index in [2.05, 4.69) is 22.9 Å². The van der Waals surface area contributed by atoms with Gasteiger partial charge in [0.05, 0.1) is 0 Å². The minimum absolute atomic E-state index is 0.224. The number of rotatable bonds is 6. The van der Waals surface area contributed by atoms with E-state index < -0.39 is 5.97 Å². The first-order valence-electron chi connectivity index (χ1n) is 7.47. The normalized spacial score (nSPS) is 21.1. The number of aliphatic carboxylic acids is 1. The molecule has 114 valence electrons. The van der Waals surface area contributed by atoms with Gasteiger partial charge in [-0.1, -0.05) is 35.7 Å². The SMILES string of the molecule is CC1(CCCCCC(=O)O)CCc2cc(Br)ccc2C1=O. The average Bonchev–Trinajstić information content (AvgIpc) is 2.43. The zero-order valence-electron chi connectivity index (χ0n) is 12.3. The molecule has 0 radical (unpaired) electrons. The van der Waals surface area contributed by atoms with Crippen LogP contribution in [0.1, 0.15) is 61.4 Å². The highest BCUT2D eigenvalue weighted by Gasteiger charge is 2.37. The Morgan fingerprint density at radius 1 is 1.33 bits per heavy atom. The van der Waals surface area contributed by atoms with Crippen molar-refractivity contribution in [2.45, 2.75) is 51.9 Å². The van der Waals surface area contributed by atoms with Crippen LogP contribution in [0.2, 0.25) is 0 Å². The maximum Gasteiger partial charge on any atom is 0.303 e. The van der Waals surface area contributed by atoms with E-state index in [1.807, 2.05) is 18.2 Å². The van der Waals surface area contributed by atoms with Crippen LogP contribution in [-0.4, -0.2) is 16.9 Å². The zero-order chi connectivity index (χ0) is 15.5. The number of benzene rings is 1. The largest absolute Gasteiger partial charge is 0.481 e. The standard InChI is InChI=1S/C17H21BrO3/c1-17(9-4-2-3-5-15(19)20)10-8-12-11-13(18)6-7-14(12)16(17)21/h6-7,11H,2-5,8-10H2,1H3,(H,19,20). The molecule has 1 aliphatic rings.